The molecule has 0 spiro atoms. The fraction of sp³-hybridized carbons (Fsp3) is 0.0870. The summed E-state index contributed by atoms with van der Waals surface area (Å²) in [6, 6.07) is 62.4. The van der Waals surface area contributed by atoms with E-state index in [9.17, 15) is 0 Å². The van der Waals surface area contributed by atoms with E-state index in [4.69, 9.17) is 0 Å². The molecule has 0 aliphatic heterocycles. The van der Waals surface area contributed by atoms with Gasteiger partial charge < -0.3 is 5.32 Å². The smallest absolute Gasteiger partial charge is 0.0713 e. The van der Waals surface area contributed by atoms with Crippen LogP contribution in [0.5, 0.6) is 0 Å². The van der Waals surface area contributed by atoms with Crippen molar-refractivity contribution in [3.63, 3.8) is 0 Å². The van der Waals surface area contributed by atoms with E-state index in [1.807, 2.05) is 0 Å². The average Bonchev–Trinajstić information content (AvgIpc) is 3.56. The fourth-order valence-corrected chi connectivity index (χ4v) is 8.48. The lowest BCUT2D eigenvalue weighted by Gasteiger charge is -2.34. The molecule has 0 heterocycles. The van der Waals surface area contributed by atoms with Gasteiger partial charge in [-0.25, -0.2) is 0 Å². The molecule has 7 aromatic rings. The topological polar surface area (TPSA) is 12.0 Å². The van der Waals surface area contributed by atoms with Crippen molar-refractivity contribution in [3.8, 4) is 33.4 Å². The summed E-state index contributed by atoms with van der Waals surface area (Å²) in [6.07, 6.45) is 0. The van der Waals surface area contributed by atoms with Gasteiger partial charge in [0.2, 0.25) is 0 Å². The highest BCUT2D eigenvalue weighted by Crippen LogP contribution is 2.58. The van der Waals surface area contributed by atoms with Crippen molar-refractivity contribution in [2.75, 3.05) is 5.32 Å². The summed E-state index contributed by atoms with van der Waals surface area (Å²) < 4.78 is 0. The molecule has 0 radical (unpaired) electrons. The van der Waals surface area contributed by atoms with Crippen LogP contribution in [-0.4, -0.2) is 0 Å². The van der Waals surface area contributed by atoms with E-state index in [-0.39, 0.29) is 5.41 Å². The van der Waals surface area contributed by atoms with Gasteiger partial charge in [0.15, 0.2) is 0 Å². The lowest BCUT2D eigenvalue weighted by atomic mass is 9.67. The molecule has 0 fully saturated rings. The van der Waals surface area contributed by atoms with Gasteiger partial charge in [-0.15, -0.1) is 0 Å². The second-order valence-corrected chi connectivity index (χ2v) is 13.4. The van der Waals surface area contributed by atoms with Crippen LogP contribution >= 0.6 is 0 Å². The minimum absolute atomic E-state index is 0.0503. The number of fused-ring (bicyclic) bond motifs is 6. The standard InChI is InChI=1S/C46H35N/c1-45(2)39-24-12-9-20-34(39)35-29-28-33(30-42(35)45)47-43-27-14-11-21-36(43)37-23-15-26-41-44(37)38-22-10-13-25-40(38)46(41,31-16-5-3-6-17-31)32-18-7-4-8-19-32/h3-30,47H,1-2H3. The first kappa shape index (κ1) is 27.6. The molecule has 0 saturated carbocycles. The molecule has 47 heavy (non-hydrogen) atoms. The van der Waals surface area contributed by atoms with E-state index in [0.717, 1.165) is 11.4 Å². The van der Waals surface area contributed by atoms with Crippen LogP contribution in [0.2, 0.25) is 0 Å². The van der Waals surface area contributed by atoms with Gasteiger partial charge in [-0.1, -0.05) is 166 Å². The number of para-hydroxylation sites is 1. The minimum Gasteiger partial charge on any atom is -0.355 e. The molecular formula is C46H35N. The van der Waals surface area contributed by atoms with Gasteiger partial charge in [-0.2, -0.15) is 0 Å². The third kappa shape index (κ3) is 3.96. The van der Waals surface area contributed by atoms with E-state index < -0.39 is 5.41 Å². The maximum absolute atomic E-state index is 3.86. The molecule has 1 nitrogen and oxygen atoms in total. The zero-order valence-electron chi connectivity index (χ0n) is 26.7. The summed E-state index contributed by atoms with van der Waals surface area (Å²) in [4.78, 5) is 0. The molecule has 0 amide bonds. The Morgan fingerprint density at radius 3 is 1.64 bits per heavy atom. The third-order valence-electron chi connectivity index (χ3n) is 10.6. The second-order valence-electron chi connectivity index (χ2n) is 13.4. The first-order valence-corrected chi connectivity index (χ1v) is 16.5. The Hall–Kier alpha value is -5.66. The predicted octanol–water partition coefficient (Wildman–Crippen LogP) is 11.8. The van der Waals surface area contributed by atoms with Crippen molar-refractivity contribution in [2.45, 2.75) is 24.7 Å². The van der Waals surface area contributed by atoms with E-state index in [1.54, 1.807) is 0 Å². The second kappa shape index (κ2) is 10.4. The summed E-state index contributed by atoms with van der Waals surface area (Å²) in [5, 5.41) is 3.86. The quantitative estimate of drug-likeness (QED) is 0.207. The van der Waals surface area contributed by atoms with Crippen LogP contribution in [0, 0.1) is 0 Å². The predicted molar refractivity (Wildman–Crippen MR) is 196 cm³/mol. The molecule has 0 aromatic heterocycles. The molecule has 0 bridgehead atoms. The zero-order valence-corrected chi connectivity index (χ0v) is 26.7. The van der Waals surface area contributed by atoms with Gasteiger partial charge in [0.25, 0.3) is 0 Å². The van der Waals surface area contributed by atoms with Gasteiger partial charge in [0, 0.05) is 22.4 Å². The molecule has 0 saturated heterocycles. The first-order valence-electron chi connectivity index (χ1n) is 16.5. The van der Waals surface area contributed by atoms with Crippen LogP contribution in [0.1, 0.15) is 47.2 Å². The first-order chi connectivity index (χ1) is 23.1. The van der Waals surface area contributed by atoms with Crippen LogP contribution in [-0.2, 0) is 10.8 Å². The van der Waals surface area contributed by atoms with Crippen molar-refractivity contribution in [3.05, 3.63) is 203 Å². The number of hydrogen-bond donors (Lipinski definition) is 1. The maximum Gasteiger partial charge on any atom is 0.0713 e. The molecule has 2 aliphatic rings. The normalized spacial score (nSPS) is 14.5. The van der Waals surface area contributed by atoms with E-state index in [0.29, 0.717) is 0 Å². The molecule has 0 atom stereocenters. The number of rotatable bonds is 5. The Balaban J connectivity index is 1.23. The Kier molecular flexibility index (Phi) is 6.14. The monoisotopic (exact) mass is 601 g/mol. The lowest BCUT2D eigenvalue weighted by molar-refractivity contribution is 0.660. The molecule has 1 heteroatoms. The molecule has 2 aliphatic carbocycles. The van der Waals surface area contributed by atoms with Gasteiger partial charge in [-0.3, -0.25) is 0 Å². The average molecular weight is 602 g/mol. The highest BCUT2D eigenvalue weighted by Gasteiger charge is 2.46. The van der Waals surface area contributed by atoms with E-state index in [1.165, 1.54) is 66.8 Å². The van der Waals surface area contributed by atoms with Crippen molar-refractivity contribution in [2.24, 2.45) is 0 Å². The van der Waals surface area contributed by atoms with Crippen molar-refractivity contribution >= 4 is 11.4 Å². The van der Waals surface area contributed by atoms with Crippen LogP contribution in [0.4, 0.5) is 11.4 Å². The number of hydrogen-bond acceptors (Lipinski definition) is 1. The molecule has 1 N–H and O–H groups in total. The molecule has 7 aromatic carbocycles. The van der Waals surface area contributed by atoms with Crippen LogP contribution in [0.25, 0.3) is 33.4 Å². The molecule has 224 valence electrons. The fourth-order valence-electron chi connectivity index (χ4n) is 8.48. The minimum atomic E-state index is -0.423. The zero-order chi connectivity index (χ0) is 31.6. The molecule has 9 rings (SSSR count). The Labute approximate surface area is 277 Å². The van der Waals surface area contributed by atoms with Crippen LogP contribution < -0.4 is 5.32 Å². The van der Waals surface area contributed by atoms with Gasteiger partial charge in [0.05, 0.1) is 5.41 Å². The van der Waals surface area contributed by atoms with Crippen molar-refractivity contribution in [1.82, 2.24) is 0 Å². The third-order valence-corrected chi connectivity index (χ3v) is 10.6. The summed E-state index contributed by atoms with van der Waals surface area (Å²) in [5.41, 5.74) is 17.4. The summed E-state index contributed by atoms with van der Waals surface area (Å²) >= 11 is 0. The largest absolute Gasteiger partial charge is 0.355 e. The molecule has 0 unspecified atom stereocenters. The van der Waals surface area contributed by atoms with E-state index >= 15 is 0 Å². The summed E-state index contributed by atoms with van der Waals surface area (Å²) in [7, 11) is 0. The van der Waals surface area contributed by atoms with Crippen LogP contribution in [0.3, 0.4) is 0 Å². The maximum atomic E-state index is 3.86. The van der Waals surface area contributed by atoms with Gasteiger partial charge in [0.1, 0.15) is 0 Å². The Bertz CT molecular complexity index is 2260. The number of anilines is 2. The van der Waals surface area contributed by atoms with Gasteiger partial charge in [-0.05, 0) is 79.4 Å². The number of nitrogens with one attached hydrogen (secondary N) is 1. The van der Waals surface area contributed by atoms with Crippen molar-refractivity contribution < 1.29 is 0 Å². The highest BCUT2D eigenvalue weighted by atomic mass is 14.9. The Morgan fingerprint density at radius 2 is 0.915 bits per heavy atom. The van der Waals surface area contributed by atoms with Crippen molar-refractivity contribution in [1.29, 1.82) is 0 Å². The summed E-state index contributed by atoms with van der Waals surface area (Å²) in [6.45, 7) is 4.68. The number of benzene rings is 7. The van der Waals surface area contributed by atoms with Crippen LogP contribution in [0.15, 0.2) is 170 Å². The SMILES string of the molecule is CC1(C)c2ccccc2-c2ccc(Nc3ccccc3-c3cccc4c3-c3ccccc3C4(c3ccccc3)c3ccccc3)cc21. The lowest BCUT2D eigenvalue weighted by Crippen LogP contribution is -2.28. The molecular weight excluding hydrogens is 567 g/mol. The van der Waals surface area contributed by atoms with E-state index in [2.05, 4.69) is 189 Å². The Morgan fingerprint density at radius 1 is 0.383 bits per heavy atom. The highest BCUT2D eigenvalue weighted by molar-refractivity contribution is 5.98. The van der Waals surface area contributed by atoms with Gasteiger partial charge >= 0.3 is 0 Å². The summed E-state index contributed by atoms with van der Waals surface area (Å²) in [5.74, 6) is 0.